The number of aliphatic hydroxyl groups excluding tert-OH is 1. The van der Waals surface area contributed by atoms with Crippen molar-refractivity contribution in [2.24, 2.45) is 5.92 Å². The van der Waals surface area contributed by atoms with Gasteiger partial charge in [0.1, 0.15) is 0 Å². The number of aromatic amines is 1. The van der Waals surface area contributed by atoms with Crippen LogP contribution >= 0.6 is 0 Å². The number of amides is 2. The predicted molar refractivity (Wildman–Crippen MR) is 74.3 cm³/mol. The Morgan fingerprint density at radius 3 is 3.05 bits per heavy atom. The standard InChI is InChI=1S/C14H22N4O2/c1-14(8-19,10-2-3-10)17-13(20)16-11-4-5-12-9(6-11)7-15-18-12/h7,10-11,19H,2-6,8H2,1H3,(H,15,18)(H2,16,17,20). The zero-order valence-electron chi connectivity index (χ0n) is 11.8. The highest BCUT2D eigenvalue weighted by Crippen LogP contribution is 2.39. The van der Waals surface area contributed by atoms with Crippen LogP contribution < -0.4 is 10.6 Å². The molecule has 4 N–H and O–H groups in total. The molecule has 6 heteroatoms. The predicted octanol–water partition coefficient (Wildman–Crippen LogP) is 0.727. The van der Waals surface area contributed by atoms with Crippen LogP contribution in [0.1, 0.15) is 37.4 Å². The molecule has 0 spiro atoms. The van der Waals surface area contributed by atoms with Gasteiger partial charge in [-0.1, -0.05) is 0 Å². The van der Waals surface area contributed by atoms with Crippen LogP contribution in [-0.2, 0) is 12.8 Å². The van der Waals surface area contributed by atoms with Crippen molar-refractivity contribution in [2.75, 3.05) is 6.61 Å². The van der Waals surface area contributed by atoms with Crippen molar-refractivity contribution < 1.29 is 9.90 Å². The van der Waals surface area contributed by atoms with Crippen LogP contribution in [-0.4, -0.2) is 39.5 Å². The molecule has 2 unspecified atom stereocenters. The monoisotopic (exact) mass is 278 g/mol. The average molecular weight is 278 g/mol. The number of fused-ring (bicyclic) bond motifs is 1. The average Bonchev–Trinajstić information content (AvgIpc) is 3.18. The summed E-state index contributed by atoms with van der Waals surface area (Å²) in [5.74, 6) is 0.407. The summed E-state index contributed by atoms with van der Waals surface area (Å²) >= 11 is 0. The molecular formula is C14H22N4O2. The largest absolute Gasteiger partial charge is 0.394 e. The number of rotatable bonds is 4. The van der Waals surface area contributed by atoms with E-state index >= 15 is 0 Å². The Bertz CT molecular complexity index is 497. The number of aliphatic hydroxyl groups is 1. The van der Waals surface area contributed by atoms with Crippen molar-refractivity contribution in [3.05, 3.63) is 17.5 Å². The lowest BCUT2D eigenvalue weighted by atomic mass is 9.93. The van der Waals surface area contributed by atoms with Crippen molar-refractivity contribution in [3.63, 3.8) is 0 Å². The SMILES string of the molecule is CC(CO)(NC(=O)NC1CCc2[nH]ncc2C1)C1CC1. The lowest BCUT2D eigenvalue weighted by Crippen LogP contribution is -2.56. The minimum atomic E-state index is -0.487. The van der Waals surface area contributed by atoms with Gasteiger partial charge in [-0.3, -0.25) is 5.10 Å². The van der Waals surface area contributed by atoms with E-state index in [-0.39, 0.29) is 18.7 Å². The van der Waals surface area contributed by atoms with Gasteiger partial charge >= 0.3 is 6.03 Å². The van der Waals surface area contributed by atoms with Gasteiger partial charge in [0.25, 0.3) is 0 Å². The Morgan fingerprint density at radius 1 is 1.55 bits per heavy atom. The number of aromatic nitrogens is 2. The van der Waals surface area contributed by atoms with Crippen molar-refractivity contribution >= 4 is 6.03 Å². The summed E-state index contributed by atoms with van der Waals surface area (Å²) in [7, 11) is 0. The summed E-state index contributed by atoms with van der Waals surface area (Å²) in [6.07, 6.45) is 6.65. The zero-order valence-corrected chi connectivity index (χ0v) is 11.8. The second kappa shape index (κ2) is 5.09. The summed E-state index contributed by atoms with van der Waals surface area (Å²) in [6.45, 7) is 1.90. The van der Waals surface area contributed by atoms with Gasteiger partial charge in [-0.2, -0.15) is 5.10 Å². The van der Waals surface area contributed by atoms with Crippen molar-refractivity contribution in [3.8, 4) is 0 Å². The van der Waals surface area contributed by atoms with E-state index in [0.717, 1.165) is 32.1 Å². The smallest absolute Gasteiger partial charge is 0.315 e. The van der Waals surface area contributed by atoms with Gasteiger partial charge < -0.3 is 15.7 Å². The highest BCUT2D eigenvalue weighted by molar-refractivity contribution is 5.75. The number of urea groups is 1. The summed E-state index contributed by atoms with van der Waals surface area (Å²) in [5, 5.41) is 22.5. The van der Waals surface area contributed by atoms with Crippen LogP contribution in [0.3, 0.4) is 0 Å². The molecule has 1 heterocycles. The van der Waals surface area contributed by atoms with E-state index < -0.39 is 5.54 Å². The summed E-state index contributed by atoms with van der Waals surface area (Å²) in [5.41, 5.74) is 1.88. The molecule has 0 bridgehead atoms. The fourth-order valence-electron chi connectivity index (χ4n) is 3.01. The molecule has 20 heavy (non-hydrogen) atoms. The minimum Gasteiger partial charge on any atom is -0.394 e. The number of nitrogens with one attached hydrogen (secondary N) is 3. The maximum absolute atomic E-state index is 12.1. The summed E-state index contributed by atoms with van der Waals surface area (Å²) in [4.78, 5) is 12.1. The van der Waals surface area contributed by atoms with Crippen LogP contribution in [0.15, 0.2) is 6.20 Å². The van der Waals surface area contributed by atoms with Crippen LogP contribution in [0, 0.1) is 5.92 Å². The minimum absolute atomic E-state index is 0.0123. The third-order valence-corrected chi connectivity index (χ3v) is 4.56. The van der Waals surface area contributed by atoms with Crippen molar-refractivity contribution in [1.82, 2.24) is 20.8 Å². The second-order valence-electron chi connectivity index (χ2n) is 6.26. The van der Waals surface area contributed by atoms with E-state index in [1.54, 1.807) is 0 Å². The molecule has 110 valence electrons. The van der Waals surface area contributed by atoms with E-state index in [4.69, 9.17) is 0 Å². The van der Waals surface area contributed by atoms with Crippen LogP contribution in [0.4, 0.5) is 4.79 Å². The Balaban J connectivity index is 1.54. The molecule has 2 aliphatic rings. The molecule has 2 amide bonds. The molecule has 0 saturated heterocycles. The maximum atomic E-state index is 12.1. The van der Waals surface area contributed by atoms with E-state index in [1.165, 1.54) is 11.3 Å². The first kappa shape index (κ1) is 13.4. The molecule has 2 aliphatic carbocycles. The highest BCUT2D eigenvalue weighted by Gasteiger charge is 2.42. The normalized spacial score (nSPS) is 24.6. The third kappa shape index (κ3) is 2.65. The highest BCUT2D eigenvalue weighted by atomic mass is 16.3. The lowest BCUT2D eigenvalue weighted by molar-refractivity contribution is 0.153. The van der Waals surface area contributed by atoms with Crippen LogP contribution in [0.2, 0.25) is 0 Å². The topological polar surface area (TPSA) is 90.0 Å². The molecule has 6 nitrogen and oxygen atoms in total. The molecule has 0 aromatic carbocycles. The Labute approximate surface area is 118 Å². The van der Waals surface area contributed by atoms with E-state index in [0.29, 0.717) is 5.92 Å². The molecule has 0 aliphatic heterocycles. The van der Waals surface area contributed by atoms with Gasteiger partial charge in [-0.25, -0.2) is 4.79 Å². The quantitative estimate of drug-likeness (QED) is 0.654. The van der Waals surface area contributed by atoms with Crippen molar-refractivity contribution in [1.29, 1.82) is 0 Å². The fourth-order valence-corrected chi connectivity index (χ4v) is 3.01. The van der Waals surface area contributed by atoms with E-state index in [1.807, 2.05) is 13.1 Å². The first-order chi connectivity index (χ1) is 9.60. The molecule has 2 atom stereocenters. The number of hydrogen-bond acceptors (Lipinski definition) is 3. The summed E-state index contributed by atoms with van der Waals surface area (Å²) in [6, 6.07) is -0.0346. The van der Waals surface area contributed by atoms with Crippen LogP contribution in [0.5, 0.6) is 0 Å². The number of aryl methyl sites for hydroxylation is 1. The number of carbonyl (C=O) groups is 1. The number of H-pyrrole nitrogens is 1. The Hall–Kier alpha value is -1.56. The van der Waals surface area contributed by atoms with Gasteiger partial charge in [0, 0.05) is 11.7 Å². The third-order valence-electron chi connectivity index (χ3n) is 4.56. The Morgan fingerprint density at radius 2 is 2.35 bits per heavy atom. The maximum Gasteiger partial charge on any atom is 0.315 e. The van der Waals surface area contributed by atoms with E-state index in [2.05, 4.69) is 20.8 Å². The van der Waals surface area contributed by atoms with Crippen LogP contribution in [0.25, 0.3) is 0 Å². The van der Waals surface area contributed by atoms with Gasteiger partial charge in [0.2, 0.25) is 0 Å². The number of hydrogen-bond donors (Lipinski definition) is 4. The molecule has 1 saturated carbocycles. The van der Waals surface area contributed by atoms with Crippen molar-refractivity contribution in [2.45, 2.75) is 50.6 Å². The molecule has 0 radical (unpaired) electrons. The molecule has 3 rings (SSSR count). The second-order valence-corrected chi connectivity index (χ2v) is 6.26. The zero-order chi connectivity index (χ0) is 14.2. The van der Waals surface area contributed by atoms with Gasteiger partial charge in [0.05, 0.1) is 18.3 Å². The molecule has 1 aromatic rings. The first-order valence-corrected chi connectivity index (χ1v) is 7.31. The molecule has 1 aromatic heterocycles. The number of nitrogens with zero attached hydrogens (tertiary/aromatic N) is 1. The molecule has 1 fully saturated rings. The lowest BCUT2D eigenvalue weighted by Gasteiger charge is -2.31. The number of carbonyl (C=O) groups excluding carboxylic acids is 1. The molecular weight excluding hydrogens is 256 g/mol. The van der Waals surface area contributed by atoms with E-state index in [9.17, 15) is 9.90 Å². The van der Waals surface area contributed by atoms with Gasteiger partial charge in [0.15, 0.2) is 0 Å². The fraction of sp³-hybridized carbons (Fsp3) is 0.714. The van der Waals surface area contributed by atoms with Gasteiger partial charge in [-0.15, -0.1) is 0 Å². The Kier molecular flexibility index (Phi) is 3.41. The first-order valence-electron chi connectivity index (χ1n) is 7.31. The van der Waals surface area contributed by atoms with Gasteiger partial charge in [-0.05, 0) is 50.5 Å². The summed E-state index contributed by atoms with van der Waals surface area (Å²) < 4.78 is 0.